The van der Waals surface area contributed by atoms with E-state index in [1.807, 2.05) is 36.9 Å². The number of hydrogen-bond donors (Lipinski definition) is 1. The largest absolute Gasteiger partial charge is 0.497 e. The summed E-state index contributed by atoms with van der Waals surface area (Å²) in [5.41, 5.74) is 7.20. The Balaban J connectivity index is 1.34. The van der Waals surface area contributed by atoms with Gasteiger partial charge in [-0.25, -0.2) is 4.72 Å². The minimum atomic E-state index is -4.01. The second-order valence-corrected chi connectivity index (χ2v) is 17.2. The predicted molar refractivity (Wildman–Crippen MR) is 202 cm³/mol. The number of aromatic nitrogens is 2. The maximum atomic E-state index is 14.4. The Morgan fingerprint density at radius 1 is 0.962 bits per heavy atom. The van der Waals surface area contributed by atoms with Crippen molar-refractivity contribution in [3.05, 3.63) is 70.1 Å². The van der Waals surface area contributed by atoms with Crippen LogP contribution in [-0.4, -0.2) is 85.7 Å². The number of ether oxygens (including phenoxy) is 2. The van der Waals surface area contributed by atoms with Crippen LogP contribution in [0.4, 0.5) is 0 Å². The summed E-state index contributed by atoms with van der Waals surface area (Å²) in [4.78, 5) is 29.7. The molecule has 2 atom stereocenters. The molecule has 0 bridgehead atoms. The van der Waals surface area contributed by atoms with Crippen molar-refractivity contribution < 1.29 is 32.0 Å². The van der Waals surface area contributed by atoms with Crippen molar-refractivity contribution in [1.29, 1.82) is 0 Å². The molecule has 1 N–H and O–H groups in total. The van der Waals surface area contributed by atoms with Gasteiger partial charge in [-0.1, -0.05) is 30.5 Å². The van der Waals surface area contributed by atoms with E-state index in [9.17, 15) is 18.0 Å². The Hall–Kier alpha value is -4.46. The summed E-state index contributed by atoms with van der Waals surface area (Å²) in [7, 11) is 0.400. The molecule has 2 aliphatic carbocycles. The molecule has 2 aromatic carbocycles. The van der Waals surface area contributed by atoms with Gasteiger partial charge in [0.1, 0.15) is 11.5 Å². The maximum Gasteiger partial charge on any atom is 0.303 e. The highest BCUT2D eigenvalue weighted by atomic mass is 32.2. The fourth-order valence-electron chi connectivity index (χ4n) is 8.48. The first-order chi connectivity index (χ1) is 25.4. The van der Waals surface area contributed by atoms with Crippen LogP contribution in [0.15, 0.2) is 40.9 Å². The highest BCUT2D eigenvalue weighted by Crippen LogP contribution is 2.50. The van der Waals surface area contributed by atoms with Crippen molar-refractivity contribution in [3.63, 3.8) is 0 Å². The fourth-order valence-corrected chi connectivity index (χ4v) is 9.01. The molecule has 0 spiro atoms. The normalized spacial score (nSPS) is 20.9. The van der Waals surface area contributed by atoms with Gasteiger partial charge in [0.05, 0.1) is 30.6 Å². The van der Waals surface area contributed by atoms with Gasteiger partial charge in [-0.2, -0.15) is 12.7 Å². The van der Waals surface area contributed by atoms with Crippen LogP contribution >= 0.6 is 0 Å². The number of carbonyl (C=O) groups excluding carboxylic acids is 2. The first-order valence-corrected chi connectivity index (χ1v) is 20.1. The van der Waals surface area contributed by atoms with E-state index in [1.165, 1.54) is 26.1 Å². The number of methoxy groups -OCH3 is 1. The lowest BCUT2D eigenvalue weighted by atomic mass is 9.81. The average molecular weight is 742 g/mol. The highest BCUT2D eigenvalue weighted by molar-refractivity contribution is 7.87. The van der Waals surface area contributed by atoms with E-state index in [4.69, 9.17) is 14.0 Å². The molecule has 4 heterocycles. The van der Waals surface area contributed by atoms with E-state index in [-0.39, 0.29) is 29.6 Å². The zero-order valence-corrected chi connectivity index (χ0v) is 31.8. The molecule has 2 aromatic heterocycles. The van der Waals surface area contributed by atoms with E-state index in [2.05, 4.69) is 26.6 Å². The topological polar surface area (TPSA) is 136 Å². The molecule has 13 heteroatoms. The first-order valence-electron chi connectivity index (χ1n) is 18.7. The lowest BCUT2D eigenvalue weighted by molar-refractivity contribution is -0.0588. The first kappa shape index (κ1) is 35.6. The van der Waals surface area contributed by atoms with Crippen LogP contribution in [0.3, 0.4) is 0 Å². The molecular formula is C40H47N5O7S. The summed E-state index contributed by atoms with van der Waals surface area (Å²) < 4.78 is 48.5. The SMILES string of the molecule is COc1ccc2c(c1)C=C(c1c(C(=O)N3CC(C)OC(C)C3)noc1C1CC1)Cn1c-2c(C2CCCCC2)c2ccc(C(=O)NS(=O)(=O)N(C)C)cc21. The van der Waals surface area contributed by atoms with Crippen LogP contribution in [0, 0.1) is 0 Å². The van der Waals surface area contributed by atoms with Gasteiger partial charge in [-0.3, -0.25) is 9.59 Å². The lowest BCUT2D eigenvalue weighted by Gasteiger charge is -2.35. The number of nitrogens with one attached hydrogen (secondary N) is 1. The number of morpholine rings is 1. The van der Waals surface area contributed by atoms with Crippen molar-refractivity contribution in [3.8, 4) is 17.0 Å². The maximum absolute atomic E-state index is 14.4. The van der Waals surface area contributed by atoms with Gasteiger partial charge in [0, 0.05) is 61.7 Å². The van der Waals surface area contributed by atoms with Crippen LogP contribution in [-0.2, 0) is 21.5 Å². The Labute approximate surface area is 310 Å². The number of allylic oxidation sites excluding steroid dienone is 1. The van der Waals surface area contributed by atoms with E-state index in [1.54, 1.807) is 19.2 Å². The summed E-state index contributed by atoms with van der Waals surface area (Å²) in [5.74, 6) is 1.01. The van der Waals surface area contributed by atoms with Gasteiger partial charge in [0.25, 0.3) is 11.8 Å². The van der Waals surface area contributed by atoms with Gasteiger partial charge in [0.15, 0.2) is 5.69 Å². The standard InChI is InChI=1S/C40H47N5O7S/c1-23-20-44(21-24(2)51-23)40(47)36-35(38(52-41-36)26-11-12-26)29-17-28-18-30(50-5)14-16-31(28)37-34(25-9-7-6-8-10-25)32-15-13-27(19-33(32)45(37)22-29)39(46)42-53(48,49)43(3)4/h13-19,23-26H,6-12,20-22H2,1-5H3,(H,42,46). The van der Waals surface area contributed by atoms with Crippen molar-refractivity contribution in [2.75, 3.05) is 34.3 Å². The van der Waals surface area contributed by atoms with Gasteiger partial charge < -0.3 is 23.5 Å². The van der Waals surface area contributed by atoms with Gasteiger partial charge in [-0.15, -0.1) is 0 Å². The quantitative estimate of drug-likeness (QED) is 0.214. The minimum Gasteiger partial charge on any atom is -0.497 e. The lowest BCUT2D eigenvalue weighted by Crippen LogP contribution is -2.48. The van der Waals surface area contributed by atoms with Crippen molar-refractivity contribution in [2.45, 2.75) is 89.4 Å². The van der Waals surface area contributed by atoms with E-state index < -0.39 is 16.1 Å². The second kappa shape index (κ2) is 13.7. The number of rotatable bonds is 8. The van der Waals surface area contributed by atoms with Gasteiger partial charge >= 0.3 is 10.2 Å². The highest BCUT2D eigenvalue weighted by Gasteiger charge is 2.39. The molecule has 2 saturated carbocycles. The molecule has 0 radical (unpaired) electrons. The Morgan fingerprint density at radius 2 is 1.70 bits per heavy atom. The van der Waals surface area contributed by atoms with Gasteiger partial charge in [-0.05, 0) is 98.6 Å². The van der Waals surface area contributed by atoms with Gasteiger partial charge in [0.2, 0.25) is 0 Å². The summed E-state index contributed by atoms with van der Waals surface area (Å²) in [6, 6.07) is 11.6. The number of amides is 2. The smallest absolute Gasteiger partial charge is 0.303 e. The van der Waals surface area contributed by atoms with Crippen molar-refractivity contribution in [1.82, 2.24) is 23.7 Å². The second-order valence-electron chi connectivity index (χ2n) is 15.3. The van der Waals surface area contributed by atoms with Crippen molar-refractivity contribution >= 4 is 44.6 Å². The monoisotopic (exact) mass is 741 g/mol. The molecule has 3 fully saturated rings. The van der Waals surface area contributed by atoms with E-state index in [0.717, 1.165) is 87.5 Å². The van der Waals surface area contributed by atoms with E-state index >= 15 is 0 Å². The summed E-state index contributed by atoms with van der Waals surface area (Å²) in [6.07, 6.45) is 9.40. The van der Waals surface area contributed by atoms with Crippen molar-refractivity contribution in [2.24, 2.45) is 0 Å². The number of benzene rings is 2. The molecule has 4 aromatic rings. The summed E-state index contributed by atoms with van der Waals surface area (Å²) >= 11 is 0. The molecule has 280 valence electrons. The Bertz CT molecular complexity index is 2230. The third-order valence-electron chi connectivity index (χ3n) is 11.2. The van der Waals surface area contributed by atoms with Crippen LogP contribution in [0.2, 0.25) is 0 Å². The fraction of sp³-hybridized carbons (Fsp3) is 0.475. The van der Waals surface area contributed by atoms with Crippen LogP contribution in [0.5, 0.6) is 5.75 Å². The third kappa shape index (κ3) is 6.57. The number of nitrogens with zero attached hydrogens (tertiary/aromatic N) is 4. The molecule has 1 saturated heterocycles. The summed E-state index contributed by atoms with van der Waals surface area (Å²) in [5, 5.41) is 5.51. The predicted octanol–water partition coefficient (Wildman–Crippen LogP) is 6.57. The number of fused-ring (bicyclic) bond motifs is 5. The van der Waals surface area contributed by atoms with E-state index in [0.29, 0.717) is 37.0 Å². The number of carbonyl (C=O) groups is 2. The molecule has 8 rings (SSSR count). The molecule has 2 amide bonds. The molecular weight excluding hydrogens is 695 g/mol. The number of hydrogen-bond acceptors (Lipinski definition) is 8. The third-order valence-corrected chi connectivity index (χ3v) is 12.6. The Kier molecular flexibility index (Phi) is 9.23. The average Bonchev–Trinajstić information content (AvgIpc) is 3.84. The minimum absolute atomic E-state index is 0.108. The molecule has 2 unspecified atom stereocenters. The zero-order chi connectivity index (χ0) is 37.2. The molecule has 2 aliphatic heterocycles. The molecule has 53 heavy (non-hydrogen) atoms. The summed E-state index contributed by atoms with van der Waals surface area (Å²) in [6.45, 7) is 5.23. The van der Waals surface area contributed by atoms with Crippen LogP contribution in [0.25, 0.3) is 33.8 Å². The molecule has 12 nitrogen and oxygen atoms in total. The zero-order valence-electron chi connectivity index (χ0n) is 31.0. The molecule has 4 aliphatic rings. The van der Waals surface area contributed by atoms with Crippen LogP contribution < -0.4 is 9.46 Å². The Morgan fingerprint density at radius 3 is 2.38 bits per heavy atom. The van der Waals surface area contributed by atoms with Crippen LogP contribution in [0.1, 0.15) is 114 Å².